The van der Waals surface area contributed by atoms with E-state index in [2.05, 4.69) is 30.4 Å². The van der Waals surface area contributed by atoms with Crippen molar-refractivity contribution in [1.29, 1.82) is 0 Å². The van der Waals surface area contributed by atoms with Crippen molar-refractivity contribution in [3.8, 4) is 0 Å². The Hall–Kier alpha value is -1.02. The van der Waals surface area contributed by atoms with E-state index in [0.29, 0.717) is 5.92 Å². The molecule has 1 atom stereocenters. The molecular formula is C11H15NO. The number of nitrogens with one attached hydrogen (secondary N) is 1. The minimum Gasteiger partial charge on any atom is -0.396 e. The van der Waals surface area contributed by atoms with Gasteiger partial charge in [-0.2, -0.15) is 0 Å². The molecule has 2 rings (SSSR count). The standard InChI is InChI=1S/C11H15NO/c1-8-2-3-10-5-9(7-13)6-12-11(10)4-8/h2-4,9,12-13H,5-7H2,1H3. The van der Waals surface area contributed by atoms with Crippen LogP contribution in [0.2, 0.25) is 0 Å². The topological polar surface area (TPSA) is 32.3 Å². The van der Waals surface area contributed by atoms with E-state index in [1.165, 1.54) is 16.8 Å². The number of benzene rings is 1. The van der Waals surface area contributed by atoms with Gasteiger partial charge in [0.2, 0.25) is 0 Å². The van der Waals surface area contributed by atoms with Crippen molar-refractivity contribution >= 4 is 5.69 Å². The molecule has 2 N–H and O–H groups in total. The zero-order chi connectivity index (χ0) is 9.26. The first-order valence-electron chi connectivity index (χ1n) is 4.74. The smallest absolute Gasteiger partial charge is 0.0479 e. The van der Waals surface area contributed by atoms with E-state index >= 15 is 0 Å². The van der Waals surface area contributed by atoms with Crippen LogP contribution < -0.4 is 5.32 Å². The minimum atomic E-state index is 0.278. The van der Waals surface area contributed by atoms with Gasteiger partial charge >= 0.3 is 0 Å². The Morgan fingerprint density at radius 2 is 2.38 bits per heavy atom. The van der Waals surface area contributed by atoms with E-state index < -0.39 is 0 Å². The average Bonchev–Trinajstić information content (AvgIpc) is 2.17. The van der Waals surface area contributed by atoms with E-state index in [0.717, 1.165) is 13.0 Å². The minimum absolute atomic E-state index is 0.278. The Labute approximate surface area is 78.6 Å². The Morgan fingerprint density at radius 1 is 1.54 bits per heavy atom. The van der Waals surface area contributed by atoms with Gasteiger partial charge in [-0.3, -0.25) is 0 Å². The van der Waals surface area contributed by atoms with Gasteiger partial charge in [-0.05, 0) is 30.5 Å². The van der Waals surface area contributed by atoms with Gasteiger partial charge in [-0.15, -0.1) is 0 Å². The number of aliphatic hydroxyl groups is 1. The molecule has 13 heavy (non-hydrogen) atoms. The summed E-state index contributed by atoms with van der Waals surface area (Å²) in [6.45, 7) is 3.27. The zero-order valence-corrected chi connectivity index (χ0v) is 7.88. The van der Waals surface area contributed by atoms with Gasteiger partial charge in [-0.25, -0.2) is 0 Å². The van der Waals surface area contributed by atoms with Gasteiger partial charge in [-0.1, -0.05) is 12.1 Å². The summed E-state index contributed by atoms with van der Waals surface area (Å²) < 4.78 is 0. The molecule has 0 saturated heterocycles. The van der Waals surface area contributed by atoms with Crippen LogP contribution in [0.1, 0.15) is 11.1 Å². The van der Waals surface area contributed by atoms with Gasteiger partial charge in [0.05, 0.1) is 0 Å². The summed E-state index contributed by atoms with van der Waals surface area (Å²) >= 11 is 0. The fraction of sp³-hybridized carbons (Fsp3) is 0.455. The number of fused-ring (bicyclic) bond motifs is 1. The molecule has 1 aliphatic rings. The summed E-state index contributed by atoms with van der Waals surface area (Å²) in [7, 11) is 0. The predicted molar refractivity (Wildman–Crippen MR) is 53.9 cm³/mol. The second-order valence-corrected chi connectivity index (χ2v) is 3.79. The van der Waals surface area contributed by atoms with Crippen LogP contribution in [0.4, 0.5) is 5.69 Å². The first-order chi connectivity index (χ1) is 6.29. The number of rotatable bonds is 1. The highest BCUT2D eigenvalue weighted by Gasteiger charge is 2.16. The summed E-state index contributed by atoms with van der Waals surface area (Å²) in [6.07, 6.45) is 0.999. The molecule has 1 heterocycles. The summed E-state index contributed by atoms with van der Waals surface area (Å²) in [5, 5.41) is 12.4. The van der Waals surface area contributed by atoms with Crippen molar-refractivity contribution in [2.75, 3.05) is 18.5 Å². The molecule has 2 nitrogen and oxygen atoms in total. The molecule has 1 aromatic carbocycles. The quantitative estimate of drug-likeness (QED) is 0.682. The molecule has 1 unspecified atom stereocenters. The highest BCUT2D eigenvalue weighted by atomic mass is 16.3. The highest BCUT2D eigenvalue weighted by molar-refractivity contribution is 5.55. The van der Waals surface area contributed by atoms with Crippen molar-refractivity contribution in [1.82, 2.24) is 0 Å². The summed E-state index contributed by atoms with van der Waals surface area (Å²) in [6, 6.07) is 6.45. The maximum Gasteiger partial charge on any atom is 0.0479 e. The number of hydrogen-bond donors (Lipinski definition) is 2. The van der Waals surface area contributed by atoms with Crippen molar-refractivity contribution in [3.05, 3.63) is 29.3 Å². The van der Waals surface area contributed by atoms with E-state index in [1.807, 2.05) is 0 Å². The van der Waals surface area contributed by atoms with Crippen LogP contribution in [0.3, 0.4) is 0 Å². The Bertz CT molecular complexity index is 309. The molecular weight excluding hydrogens is 162 g/mol. The molecule has 2 heteroatoms. The second kappa shape index (κ2) is 3.38. The lowest BCUT2D eigenvalue weighted by atomic mass is 9.94. The summed E-state index contributed by atoms with van der Waals surface area (Å²) in [5.74, 6) is 0.384. The normalized spacial score (nSPS) is 20.6. The van der Waals surface area contributed by atoms with Gasteiger partial charge in [0.15, 0.2) is 0 Å². The van der Waals surface area contributed by atoms with Crippen LogP contribution in [0.15, 0.2) is 18.2 Å². The van der Waals surface area contributed by atoms with Crippen LogP contribution in [-0.2, 0) is 6.42 Å². The fourth-order valence-corrected chi connectivity index (χ4v) is 1.80. The highest BCUT2D eigenvalue weighted by Crippen LogP contribution is 2.25. The molecule has 0 bridgehead atoms. The number of anilines is 1. The monoisotopic (exact) mass is 177 g/mol. The van der Waals surface area contributed by atoms with Gasteiger partial charge in [0.25, 0.3) is 0 Å². The molecule has 0 saturated carbocycles. The number of hydrogen-bond acceptors (Lipinski definition) is 2. The Morgan fingerprint density at radius 3 is 3.15 bits per heavy atom. The summed E-state index contributed by atoms with van der Waals surface area (Å²) in [4.78, 5) is 0. The first-order valence-corrected chi connectivity index (χ1v) is 4.74. The van der Waals surface area contributed by atoms with Crippen molar-refractivity contribution in [2.45, 2.75) is 13.3 Å². The average molecular weight is 177 g/mol. The van der Waals surface area contributed by atoms with Crippen LogP contribution in [-0.4, -0.2) is 18.3 Å². The number of aliphatic hydroxyl groups excluding tert-OH is 1. The van der Waals surface area contributed by atoms with Crippen LogP contribution in [0, 0.1) is 12.8 Å². The number of aryl methyl sites for hydroxylation is 1. The zero-order valence-electron chi connectivity index (χ0n) is 7.88. The third kappa shape index (κ3) is 1.68. The maximum atomic E-state index is 9.03. The van der Waals surface area contributed by atoms with Crippen molar-refractivity contribution < 1.29 is 5.11 Å². The van der Waals surface area contributed by atoms with Crippen LogP contribution >= 0.6 is 0 Å². The predicted octanol–water partition coefficient (Wildman–Crippen LogP) is 1.57. The third-order valence-electron chi connectivity index (χ3n) is 2.61. The van der Waals surface area contributed by atoms with Crippen molar-refractivity contribution in [3.63, 3.8) is 0 Å². The molecule has 70 valence electrons. The SMILES string of the molecule is Cc1ccc2c(c1)NCC(CO)C2. The maximum absolute atomic E-state index is 9.03. The van der Waals surface area contributed by atoms with Crippen molar-refractivity contribution in [2.24, 2.45) is 5.92 Å². The molecule has 0 aliphatic carbocycles. The largest absolute Gasteiger partial charge is 0.396 e. The molecule has 0 aromatic heterocycles. The van der Waals surface area contributed by atoms with Gasteiger partial charge in [0.1, 0.15) is 0 Å². The molecule has 1 aromatic rings. The molecule has 0 amide bonds. The molecule has 0 spiro atoms. The van der Waals surface area contributed by atoms with Crippen LogP contribution in [0.25, 0.3) is 0 Å². The lowest BCUT2D eigenvalue weighted by molar-refractivity contribution is 0.230. The molecule has 0 radical (unpaired) electrons. The second-order valence-electron chi connectivity index (χ2n) is 3.79. The van der Waals surface area contributed by atoms with Gasteiger partial charge in [0, 0.05) is 24.8 Å². The Balaban J connectivity index is 2.26. The Kier molecular flexibility index (Phi) is 2.23. The van der Waals surface area contributed by atoms with E-state index in [9.17, 15) is 0 Å². The van der Waals surface area contributed by atoms with Gasteiger partial charge < -0.3 is 10.4 Å². The van der Waals surface area contributed by atoms with E-state index in [4.69, 9.17) is 5.11 Å². The third-order valence-corrected chi connectivity index (χ3v) is 2.61. The van der Waals surface area contributed by atoms with Crippen LogP contribution in [0.5, 0.6) is 0 Å². The fourth-order valence-electron chi connectivity index (χ4n) is 1.80. The van der Waals surface area contributed by atoms with E-state index in [-0.39, 0.29) is 6.61 Å². The lowest BCUT2D eigenvalue weighted by Gasteiger charge is -2.24. The molecule has 0 fully saturated rings. The first kappa shape index (κ1) is 8.57. The lowest BCUT2D eigenvalue weighted by Crippen LogP contribution is -2.25. The molecule has 1 aliphatic heterocycles. The van der Waals surface area contributed by atoms with E-state index in [1.54, 1.807) is 0 Å². The summed E-state index contributed by atoms with van der Waals surface area (Å²) in [5.41, 5.74) is 3.86.